The van der Waals surface area contributed by atoms with Crippen LogP contribution in [-0.4, -0.2) is 46.0 Å². The highest BCUT2D eigenvalue weighted by Crippen LogP contribution is 2.44. The fourth-order valence-electron chi connectivity index (χ4n) is 5.09. The predicted molar refractivity (Wildman–Crippen MR) is 107 cm³/mol. The van der Waals surface area contributed by atoms with Crippen LogP contribution in [-0.2, 0) is 20.8 Å². The van der Waals surface area contributed by atoms with Gasteiger partial charge < -0.3 is 9.80 Å². The molecule has 1 aromatic carbocycles. The fourth-order valence-corrected chi connectivity index (χ4v) is 5.09. The van der Waals surface area contributed by atoms with Gasteiger partial charge in [0, 0.05) is 12.0 Å². The summed E-state index contributed by atoms with van der Waals surface area (Å²) >= 11 is 0. The Labute approximate surface area is 167 Å². The van der Waals surface area contributed by atoms with Gasteiger partial charge in [0.25, 0.3) is 5.91 Å². The molecule has 2 fully saturated rings. The molecule has 3 aliphatic rings. The number of carbonyl (C=O) groups excluding carboxylic acids is 3. The number of rotatable bonds is 3. The largest absolute Gasteiger partial charge is 0.332 e. The fraction of sp³-hybridized carbons (Fsp3) is 0.609. The minimum Gasteiger partial charge on any atom is -0.332 e. The van der Waals surface area contributed by atoms with Gasteiger partial charge in [-0.05, 0) is 49.7 Å². The lowest BCUT2D eigenvalue weighted by atomic mass is 9.79. The Kier molecular flexibility index (Phi) is 4.80. The summed E-state index contributed by atoms with van der Waals surface area (Å²) in [5, 5.41) is 0. The number of fused-ring (bicyclic) bond motifs is 6. The number of Topliss-reactive ketones (excluding diaryl/α,β-unsaturated/α-hetero) is 1. The Morgan fingerprint density at radius 2 is 1.89 bits per heavy atom. The number of carbonyl (C=O) groups is 3. The molecular formula is C23H30N2O3. The van der Waals surface area contributed by atoms with Gasteiger partial charge in [0.05, 0.1) is 12.1 Å². The van der Waals surface area contributed by atoms with Gasteiger partial charge in [-0.1, -0.05) is 45.0 Å². The van der Waals surface area contributed by atoms with Crippen LogP contribution in [0.1, 0.15) is 70.0 Å². The number of benzene rings is 1. The summed E-state index contributed by atoms with van der Waals surface area (Å²) in [6.45, 7) is 6.29. The molecule has 4 rings (SSSR count). The van der Waals surface area contributed by atoms with Crippen LogP contribution in [0.25, 0.3) is 0 Å². The summed E-state index contributed by atoms with van der Waals surface area (Å²) in [5.41, 5.74) is 1.71. The third-order valence-corrected chi connectivity index (χ3v) is 7.09. The summed E-state index contributed by atoms with van der Waals surface area (Å²) in [7, 11) is 0. The molecule has 0 spiro atoms. The van der Waals surface area contributed by atoms with Gasteiger partial charge in [0.1, 0.15) is 6.04 Å². The van der Waals surface area contributed by atoms with Crippen molar-refractivity contribution in [3.05, 3.63) is 35.4 Å². The van der Waals surface area contributed by atoms with Crippen molar-refractivity contribution in [1.29, 1.82) is 0 Å². The first-order valence-corrected chi connectivity index (χ1v) is 10.6. The molecule has 5 nitrogen and oxygen atoms in total. The van der Waals surface area contributed by atoms with E-state index in [0.29, 0.717) is 12.8 Å². The number of piperidine rings is 1. The summed E-state index contributed by atoms with van der Waals surface area (Å²) < 4.78 is 0. The zero-order valence-corrected chi connectivity index (χ0v) is 17.1. The maximum absolute atomic E-state index is 13.4. The molecule has 3 heterocycles. The van der Waals surface area contributed by atoms with E-state index >= 15 is 0 Å². The topological polar surface area (TPSA) is 57.7 Å². The van der Waals surface area contributed by atoms with Crippen LogP contribution in [0.5, 0.6) is 0 Å². The maximum Gasteiger partial charge on any atom is 0.291 e. The Hall–Kier alpha value is -2.17. The van der Waals surface area contributed by atoms with Crippen molar-refractivity contribution >= 4 is 17.6 Å². The first-order valence-electron chi connectivity index (χ1n) is 10.6. The van der Waals surface area contributed by atoms with E-state index in [4.69, 9.17) is 0 Å². The molecule has 3 atom stereocenters. The summed E-state index contributed by atoms with van der Waals surface area (Å²) in [6.07, 6.45) is 4.91. The molecule has 0 saturated carbocycles. The molecule has 2 amide bonds. The molecule has 150 valence electrons. The van der Waals surface area contributed by atoms with E-state index in [1.807, 2.05) is 37.8 Å². The van der Waals surface area contributed by atoms with Crippen molar-refractivity contribution in [3.8, 4) is 0 Å². The third kappa shape index (κ3) is 2.87. The van der Waals surface area contributed by atoms with Crippen LogP contribution in [0.3, 0.4) is 0 Å². The number of amides is 2. The lowest BCUT2D eigenvalue weighted by molar-refractivity contribution is -0.169. The smallest absolute Gasteiger partial charge is 0.291 e. The molecule has 0 aliphatic carbocycles. The molecule has 0 N–H and O–H groups in total. The van der Waals surface area contributed by atoms with E-state index in [1.54, 1.807) is 4.90 Å². The van der Waals surface area contributed by atoms with Crippen LogP contribution in [0.15, 0.2) is 24.3 Å². The second-order valence-corrected chi connectivity index (χ2v) is 9.07. The van der Waals surface area contributed by atoms with Crippen LogP contribution in [0, 0.1) is 5.41 Å². The van der Waals surface area contributed by atoms with Gasteiger partial charge >= 0.3 is 0 Å². The molecule has 3 aliphatic heterocycles. The molecule has 0 aromatic heterocycles. The summed E-state index contributed by atoms with van der Waals surface area (Å²) in [4.78, 5) is 43.4. The Bertz CT molecular complexity index is 816. The summed E-state index contributed by atoms with van der Waals surface area (Å²) in [6, 6.07) is 7.56. The van der Waals surface area contributed by atoms with Crippen LogP contribution >= 0.6 is 0 Å². The molecule has 1 aromatic rings. The normalized spacial score (nSPS) is 27.0. The van der Waals surface area contributed by atoms with Gasteiger partial charge in [0.2, 0.25) is 11.7 Å². The van der Waals surface area contributed by atoms with Crippen molar-refractivity contribution in [2.45, 2.75) is 77.4 Å². The van der Waals surface area contributed by atoms with Crippen molar-refractivity contribution in [2.24, 2.45) is 5.41 Å². The molecule has 3 unspecified atom stereocenters. The van der Waals surface area contributed by atoms with E-state index in [1.165, 1.54) is 5.56 Å². The van der Waals surface area contributed by atoms with Crippen molar-refractivity contribution in [3.63, 3.8) is 0 Å². The Morgan fingerprint density at radius 3 is 2.64 bits per heavy atom. The number of ketones is 1. The lowest BCUT2D eigenvalue weighted by Crippen LogP contribution is -2.67. The standard InChI is InChI=1S/C23H30N2O3/c1-4-23(2,3)20(26)22(28)25-17-12-7-13-18(25)21(27)24-14-8-10-15-9-5-6-11-16(15)19(17)24/h5-6,9,11,17-19H,4,7-8,10,12-14H2,1-3H3. The SMILES string of the molecule is CCC(C)(C)C(=O)C(=O)N1C2CCCC1C1c3ccccc3CCCN1C2=O. The summed E-state index contributed by atoms with van der Waals surface area (Å²) in [5.74, 6) is -0.806. The number of aryl methyl sites for hydroxylation is 1. The first-order chi connectivity index (χ1) is 13.4. The third-order valence-electron chi connectivity index (χ3n) is 7.09. The number of hydrogen-bond acceptors (Lipinski definition) is 3. The highest BCUT2D eigenvalue weighted by molar-refractivity contribution is 6.38. The van der Waals surface area contributed by atoms with Gasteiger partial charge in [-0.15, -0.1) is 0 Å². The van der Waals surface area contributed by atoms with E-state index in [2.05, 4.69) is 12.1 Å². The number of piperazine rings is 1. The molecule has 2 saturated heterocycles. The quantitative estimate of drug-likeness (QED) is 0.754. The molecular weight excluding hydrogens is 352 g/mol. The Balaban J connectivity index is 1.78. The minimum absolute atomic E-state index is 0.0214. The average molecular weight is 383 g/mol. The second-order valence-electron chi connectivity index (χ2n) is 9.07. The van der Waals surface area contributed by atoms with Gasteiger partial charge in [0.15, 0.2) is 0 Å². The van der Waals surface area contributed by atoms with E-state index < -0.39 is 17.4 Å². The Morgan fingerprint density at radius 1 is 1.14 bits per heavy atom. The maximum atomic E-state index is 13.4. The highest BCUT2D eigenvalue weighted by atomic mass is 16.2. The highest BCUT2D eigenvalue weighted by Gasteiger charge is 2.53. The minimum atomic E-state index is -0.701. The molecule has 28 heavy (non-hydrogen) atoms. The van der Waals surface area contributed by atoms with Gasteiger partial charge in [-0.3, -0.25) is 14.4 Å². The van der Waals surface area contributed by atoms with Gasteiger partial charge in [-0.25, -0.2) is 0 Å². The zero-order chi connectivity index (χ0) is 20.1. The number of hydrogen-bond donors (Lipinski definition) is 0. The molecule has 2 bridgehead atoms. The first kappa shape index (κ1) is 19.2. The van der Waals surface area contributed by atoms with Crippen molar-refractivity contribution in [2.75, 3.05) is 6.54 Å². The van der Waals surface area contributed by atoms with Crippen molar-refractivity contribution in [1.82, 2.24) is 9.80 Å². The van der Waals surface area contributed by atoms with E-state index in [9.17, 15) is 14.4 Å². The monoisotopic (exact) mass is 382 g/mol. The average Bonchev–Trinajstić information content (AvgIpc) is 2.90. The second kappa shape index (κ2) is 7.02. The molecule has 0 radical (unpaired) electrons. The van der Waals surface area contributed by atoms with Crippen LogP contribution in [0.2, 0.25) is 0 Å². The van der Waals surface area contributed by atoms with Gasteiger partial charge in [-0.2, -0.15) is 0 Å². The molecule has 5 heteroatoms. The lowest BCUT2D eigenvalue weighted by Gasteiger charge is -2.53. The number of nitrogens with zero attached hydrogens (tertiary/aromatic N) is 2. The van der Waals surface area contributed by atoms with Crippen molar-refractivity contribution < 1.29 is 14.4 Å². The van der Waals surface area contributed by atoms with E-state index in [0.717, 1.165) is 37.8 Å². The van der Waals surface area contributed by atoms with Crippen LogP contribution in [0.4, 0.5) is 0 Å². The van der Waals surface area contributed by atoms with Crippen LogP contribution < -0.4 is 0 Å². The van der Waals surface area contributed by atoms with E-state index in [-0.39, 0.29) is 23.8 Å². The predicted octanol–water partition coefficient (Wildman–Crippen LogP) is 3.27. The zero-order valence-electron chi connectivity index (χ0n) is 17.1.